The Bertz CT molecular complexity index is 575. The molecule has 0 aliphatic rings. The third-order valence-electron chi connectivity index (χ3n) is 2.82. The van der Waals surface area contributed by atoms with Gasteiger partial charge in [0.25, 0.3) is 5.91 Å². The van der Waals surface area contributed by atoms with Gasteiger partial charge in [-0.3, -0.25) is 9.78 Å². The van der Waals surface area contributed by atoms with Gasteiger partial charge >= 0.3 is 0 Å². The highest BCUT2D eigenvalue weighted by Gasteiger charge is 2.06. The summed E-state index contributed by atoms with van der Waals surface area (Å²) in [7, 11) is 0. The Labute approximate surface area is 129 Å². The van der Waals surface area contributed by atoms with Crippen LogP contribution in [0.5, 0.6) is 0 Å². The number of amides is 1. The number of hydrogen-bond acceptors (Lipinski definition) is 3. The first-order valence-electron chi connectivity index (χ1n) is 6.77. The van der Waals surface area contributed by atoms with Crippen molar-refractivity contribution in [3.63, 3.8) is 0 Å². The minimum absolute atomic E-state index is 0.222. The monoisotopic (exact) mass is 304 g/mol. The van der Waals surface area contributed by atoms with E-state index in [9.17, 15) is 4.79 Å². The van der Waals surface area contributed by atoms with Gasteiger partial charge in [-0.15, -0.1) is 0 Å². The molecule has 1 heterocycles. The van der Waals surface area contributed by atoms with Gasteiger partial charge in [-0.25, -0.2) is 0 Å². The first-order valence-corrected chi connectivity index (χ1v) is 7.15. The molecule has 1 amide bonds. The number of carbonyl (C=O) groups is 1. The highest BCUT2D eigenvalue weighted by Crippen LogP contribution is 2.07. The first kappa shape index (κ1) is 15.5. The standard InChI is InChI=1S/C16H17ClN2O2/c17-14-7-9-18-15(11-14)16(20)19-8-4-10-21-12-13-5-2-1-3-6-13/h1-3,5-7,9,11H,4,8,10,12H2,(H,19,20). The molecule has 21 heavy (non-hydrogen) atoms. The van der Waals surface area contributed by atoms with E-state index in [1.54, 1.807) is 12.1 Å². The van der Waals surface area contributed by atoms with Crippen LogP contribution in [0.3, 0.4) is 0 Å². The number of nitrogens with zero attached hydrogens (tertiary/aromatic N) is 1. The maximum absolute atomic E-state index is 11.8. The SMILES string of the molecule is O=C(NCCCOCc1ccccc1)c1cc(Cl)ccn1. The molecule has 0 bridgehead atoms. The summed E-state index contributed by atoms with van der Waals surface area (Å²) in [4.78, 5) is 15.7. The minimum Gasteiger partial charge on any atom is -0.377 e. The molecule has 1 aromatic heterocycles. The molecular formula is C16H17ClN2O2. The lowest BCUT2D eigenvalue weighted by Crippen LogP contribution is -2.26. The van der Waals surface area contributed by atoms with Gasteiger partial charge < -0.3 is 10.1 Å². The molecule has 0 aliphatic carbocycles. The zero-order valence-corrected chi connectivity index (χ0v) is 12.3. The second kappa shape index (κ2) is 8.39. The van der Waals surface area contributed by atoms with Crippen molar-refractivity contribution in [3.8, 4) is 0 Å². The van der Waals surface area contributed by atoms with E-state index in [1.807, 2.05) is 30.3 Å². The van der Waals surface area contributed by atoms with Gasteiger partial charge in [0, 0.05) is 24.4 Å². The van der Waals surface area contributed by atoms with Gasteiger partial charge in [0.15, 0.2) is 0 Å². The molecule has 4 nitrogen and oxygen atoms in total. The van der Waals surface area contributed by atoms with Gasteiger partial charge in [0.2, 0.25) is 0 Å². The quantitative estimate of drug-likeness (QED) is 0.800. The highest BCUT2D eigenvalue weighted by molar-refractivity contribution is 6.30. The summed E-state index contributed by atoms with van der Waals surface area (Å²) < 4.78 is 5.54. The lowest BCUT2D eigenvalue weighted by atomic mass is 10.2. The Kier molecular flexibility index (Phi) is 6.19. The van der Waals surface area contributed by atoms with Gasteiger partial charge in [-0.1, -0.05) is 41.9 Å². The van der Waals surface area contributed by atoms with E-state index >= 15 is 0 Å². The number of carbonyl (C=O) groups excluding carboxylic acids is 1. The molecule has 0 saturated carbocycles. The third kappa shape index (κ3) is 5.53. The summed E-state index contributed by atoms with van der Waals surface area (Å²) in [6.45, 7) is 1.73. The average molecular weight is 305 g/mol. The molecule has 0 aliphatic heterocycles. The van der Waals surface area contributed by atoms with E-state index in [4.69, 9.17) is 16.3 Å². The Morgan fingerprint density at radius 3 is 2.81 bits per heavy atom. The van der Waals surface area contributed by atoms with E-state index < -0.39 is 0 Å². The summed E-state index contributed by atoms with van der Waals surface area (Å²) in [6.07, 6.45) is 2.26. The average Bonchev–Trinajstić information content (AvgIpc) is 2.51. The Morgan fingerprint density at radius 2 is 2.05 bits per heavy atom. The summed E-state index contributed by atoms with van der Waals surface area (Å²) in [5.41, 5.74) is 1.47. The largest absolute Gasteiger partial charge is 0.377 e. The van der Waals surface area contributed by atoms with Crippen LogP contribution in [0.25, 0.3) is 0 Å². The summed E-state index contributed by atoms with van der Waals surface area (Å²) >= 11 is 5.81. The fourth-order valence-corrected chi connectivity index (χ4v) is 1.92. The number of hydrogen-bond donors (Lipinski definition) is 1. The Balaban J connectivity index is 1.60. The van der Waals surface area contributed by atoms with Crippen molar-refractivity contribution in [3.05, 3.63) is 64.9 Å². The summed E-state index contributed by atoms with van der Waals surface area (Å²) in [6, 6.07) is 13.2. The fourth-order valence-electron chi connectivity index (χ4n) is 1.76. The van der Waals surface area contributed by atoms with Crippen molar-refractivity contribution in [1.82, 2.24) is 10.3 Å². The predicted octanol–water partition coefficient (Wildman–Crippen LogP) is 3.07. The van der Waals surface area contributed by atoms with E-state index in [0.29, 0.717) is 30.5 Å². The molecule has 1 N–H and O–H groups in total. The molecule has 0 atom stereocenters. The topological polar surface area (TPSA) is 51.2 Å². The molecule has 0 radical (unpaired) electrons. The van der Waals surface area contributed by atoms with Crippen LogP contribution < -0.4 is 5.32 Å². The molecule has 2 aromatic rings. The lowest BCUT2D eigenvalue weighted by molar-refractivity contribution is 0.0930. The molecule has 0 fully saturated rings. The molecular weight excluding hydrogens is 288 g/mol. The van der Waals surface area contributed by atoms with Gasteiger partial charge in [-0.05, 0) is 24.1 Å². The number of nitrogens with one attached hydrogen (secondary N) is 1. The smallest absolute Gasteiger partial charge is 0.269 e. The van der Waals surface area contributed by atoms with Crippen LogP contribution >= 0.6 is 11.6 Å². The van der Waals surface area contributed by atoms with E-state index in [-0.39, 0.29) is 5.91 Å². The van der Waals surface area contributed by atoms with Crippen LogP contribution in [0.15, 0.2) is 48.7 Å². The number of halogens is 1. The Hall–Kier alpha value is -1.91. The van der Waals surface area contributed by atoms with Crippen molar-refractivity contribution in [2.24, 2.45) is 0 Å². The highest BCUT2D eigenvalue weighted by atomic mass is 35.5. The van der Waals surface area contributed by atoms with Crippen LogP contribution in [0.1, 0.15) is 22.5 Å². The second-order valence-corrected chi connectivity index (χ2v) is 4.94. The number of pyridine rings is 1. The van der Waals surface area contributed by atoms with Crippen molar-refractivity contribution < 1.29 is 9.53 Å². The van der Waals surface area contributed by atoms with E-state index in [0.717, 1.165) is 12.0 Å². The predicted molar refractivity (Wildman–Crippen MR) is 82.3 cm³/mol. The van der Waals surface area contributed by atoms with Crippen molar-refractivity contribution in [1.29, 1.82) is 0 Å². The lowest BCUT2D eigenvalue weighted by Gasteiger charge is -2.06. The minimum atomic E-state index is -0.222. The molecule has 0 spiro atoms. The third-order valence-corrected chi connectivity index (χ3v) is 3.05. The van der Waals surface area contributed by atoms with Crippen LogP contribution in [0.4, 0.5) is 0 Å². The first-order chi connectivity index (χ1) is 10.3. The number of ether oxygens (including phenoxy) is 1. The second-order valence-electron chi connectivity index (χ2n) is 4.51. The molecule has 0 unspecified atom stereocenters. The molecule has 2 rings (SSSR count). The van der Waals surface area contributed by atoms with Crippen molar-refractivity contribution in [2.75, 3.05) is 13.2 Å². The molecule has 0 saturated heterocycles. The van der Waals surface area contributed by atoms with Crippen LogP contribution in [0, 0.1) is 0 Å². The normalized spacial score (nSPS) is 10.3. The van der Waals surface area contributed by atoms with E-state index in [2.05, 4.69) is 10.3 Å². The van der Waals surface area contributed by atoms with Crippen LogP contribution in [0.2, 0.25) is 5.02 Å². The zero-order valence-electron chi connectivity index (χ0n) is 11.6. The summed E-state index contributed by atoms with van der Waals surface area (Å²) in [5, 5.41) is 3.29. The van der Waals surface area contributed by atoms with Gasteiger partial charge in [-0.2, -0.15) is 0 Å². The maximum Gasteiger partial charge on any atom is 0.269 e. The molecule has 5 heteroatoms. The van der Waals surface area contributed by atoms with Crippen molar-refractivity contribution in [2.45, 2.75) is 13.0 Å². The van der Waals surface area contributed by atoms with Crippen molar-refractivity contribution >= 4 is 17.5 Å². The van der Waals surface area contributed by atoms with Gasteiger partial charge in [0.1, 0.15) is 5.69 Å². The van der Waals surface area contributed by atoms with Crippen LogP contribution in [-0.4, -0.2) is 24.0 Å². The van der Waals surface area contributed by atoms with Crippen LogP contribution in [-0.2, 0) is 11.3 Å². The fraction of sp³-hybridized carbons (Fsp3) is 0.250. The Morgan fingerprint density at radius 1 is 1.24 bits per heavy atom. The zero-order chi connectivity index (χ0) is 14.9. The number of benzene rings is 1. The van der Waals surface area contributed by atoms with Gasteiger partial charge in [0.05, 0.1) is 6.61 Å². The number of rotatable bonds is 7. The molecule has 1 aromatic carbocycles. The van der Waals surface area contributed by atoms with E-state index in [1.165, 1.54) is 6.20 Å². The maximum atomic E-state index is 11.8. The number of aromatic nitrogens is 1. The summed E-state index contributed by atoms with van der Waals surface area (Å²) in [5.74, 6) is -0.222. The molecule has 110 valence electrons.